The van der Waals surface area contributed by atoms with Gasteiger partial charge in [-0.15, -0.1) is 0 Å². The van der Waals surface area contributed by atoms with Crippen LogP contribution in [0.4, 0.5) is 15.9 Å². The fourth-order valence-corrected chi connectivity index (χ4v) is 6.57. The molecule has 1 aliphatic rings. The fourth-order valence-electron chi connectivity index (χ4n) is 6.57. The molecular formula is C37H38FN7O2. The maximum Gasteiger partial charge on any atom is 0.282 e. The highest BCUT2D eigenvalue weighted by molar-refractivity contribution is 5.84. The zero-order valence-corrected chi connectivity index (χ0v) is 27.0. The summed E-state index contributed by atoms with van der Waals surface area (Å²) >= 11 is 0. The van der Waals surface area contributed by atoms with E-state index in [1.165, 1.54) is 22.5 Å². The highest BCUT2D eigenvalue weighted by Crippen LogP contribution is 2.35. The summed E-state index contributed by atoms with van der Waals surface area (Å²) < 4.78 is 18.5. The molecule has 7 rings (SSSR count). The number of anilines is 2. The topological polar surface area (TPSA) is 101 Å². The van der Waals surface area contributed by atoms with Crippen LogP contribution in [0.15, 0.2) is 84.3 Å². The lowest BCUT2D eigenvalue weighted by atomic mass is 9.86. The van der Waals surface area contributed by atoms with Crippen LogP contribution < -0.4 is 15.8 Å². The van der Waals surface area contributed by atoms with Crippen LogP contribution >= 0.6 is 0 Å². The van der Waals surface area contributed by atoms with Crippen molar-refractivity contribution in [3.8, 4) is 16.8 Å². The first-order chi connectivity index (χ1) is 22.6. The summed E-state index contributed by atoms with van der Waals surface area (Å²) in [4.78, 5) is 25.2. The number of imidazole rings is 1. The predicted molar refractivity (Wildman–Crippen MR) is 183 cm³/mol. The van der Waals surface area contributed by atoms with Crippen molar-refractivity contribution in [1.29, 1.82) is 0 Å². The Morgan fingerprint density at radius 2 is 1.87 bits per heavy atom. The van der Waals surface area contributed by atoms with Crippen molar-refractivity contribution >= 4 is 27.9 Å². The molecule has 0 unspecified atom stereocenters. The molecule has 4 aromatic heterocycles. The summed E-state index contributed by atoms with van der Waals surface area (Å²) in [5, 5.41) is 19.0. The van der Waals surface area contributed by atoms with Crippen molar-refractivity contribution in [3.63, 3.8) is 0 Å². The van der Waals surface area contributed by atoms with Gasteiger partial charge in [-0.2, -0.15) is 9.78 Å². The van der Waals surface area contributed by atoms with Crippen molar-refractivity contribution in [2.24, 2.45) is 0 Å². The molecule has 0 aliphatic carbocycles. The zero-order chi connectivity index (χ0) is 32.9. The molecule has 0 spiro atoms. The number of hydrogen-bond acceptors (Lipinski definition) is 7. The van der Waals surface area contributed by atoms with Gasteiger partial charge in [0.1, 0.15) is 11.6 Å². The molecule has 2 aromatic carbocycles. The minimum Gasteiger partial charge on any atom is -0.392 e. The van der Waals surface area contributed by atoms with Gasteiger partial charge < -0.3 is 19.7 Å². The van der Waals surface area contributed by atoms with E-state index in [1.807, 2.05) is 86.0 Å². The van der Waals surface area contributed by atoms with E-state index >= 15 is 4.39 Å². The summed E-state index contributed by atoms with van der Waals surface area (Å²) in [6.07, 6.45) is 11.2. The Morgan fingerprint density at radius 1 is 1.06 bits per heavy atom. The Hall–Kier alpha value is -4.93. The summed E-state index contributed by atoms with van der Waals surface area (Å²) in [6.45, 7) is 7.66. The second-order valence-electron chi connectivity index (χ2n) is 13.3. The molecule has 1 aliphatic heterocycles. The molecular weight excluding hydrogens is 593 g/mol. The van der Waals surface area contributed by atoms with Gasteiger partial charge in [-0.05, 0) is 84.3 Å². The minimum absolute atomic E-state index is 0.0373. The minimum atomic E-state index is -0.592. The van der Waals surface area contributed by atoms with Gasteiger partial charge in [0, 0.05) is 48.3 Å². The lowest BCUT2D eigenvalue weighted by Gasteiger charge is -2.24. The highest BCUT2D eigenvalue weighted by atomic mass is 19.1. The summed E-state index contributed by atoms with van der Waals surface area (Å²) in [5.41, 5.74) is 5.10. The van der Waals surface area contributed by atoms with Crippen LogP contribution in [0.2, 0.25) is 0 Å². The largest absolute Gasteiger partial charge is 0.392 e. The van der Waals surface area contributed by atoms with Crippen LogP contribution in [0, 0.1) is 5.82 Å². The number of hydrogen-bond donors (Lipinski definition) is 2. The van der Waals surface area contributed by atoms with E-state index in [2.05, 4.69) is 21.5 Å². The van der Waals surface area contributed by atoms with E-state index in [9.17, 15) is 9.90 Å². The number of aliphatic hydroxyl groups is 1. The monoisotopic (exact) mass is 631 g/mol. The first kappa shape index (κ1) is 30.7. The Morgan fingerprint density at radius 3 is 2.60 bits per heavy atom. The van der Waals surface area contributed by atoms with Gasteiger partial charge in [-0.25, -0.2) is 14.4 Å². The van der Waals surface area contributed by atoms with Crippen molar-refractivity contribution in [2.75, 3.05) is 25.0 Å². The molecule has 0 radical (unpaired) electrons. The summed E-state index contributed by atoms with van der Waals surface area (Å²) in [5.74, 6) is 0.701. The van der Waals surface area contributed by atoms with Crippen LogP contribution in [-0.2, 0) is 12.0 Å². The number of halogens is 1. The molecule has 0 bridgehead atoms. The Labute approximate surface area is 272 Å². The third-order valence-electron chi connectivity index (χ3n) is 9.31. The van der Waals surface area contributed by atoms with Crippen molar-refractivity contribution in [1.82, 2.24) is 29.5 Å². The van der Waals surface area contributed by atoms with E-state index < -0.39 is 11.4 Å². The smallest absolute Gasteiger partial charge is 0.282 e. The number of aromatic nitrogens is 5. The SMILES string of the molecule is CN(c1ccc(C2CCNCC2)cn1)c1cc(-c2cccc(-n3ncc4cc(C(C)(C)C)cc(F)c4c3=O)c2CO)cn2ccnc12. The van der Waals surface area contributed by atoms with E-state index in [0.717, 1.165) is 54.2 Å². The third-order valence-corrected chi connectivity index (χ3v) is 9.31. The third kappa shape index (κ3) is 5.57. The van der Waals surface area contributed by atoms with Crippen molar-refractivity contribution < 1.29 is 9.50 Å². The van der Waals surface area contributed by atoms with Gasteiger partial charge in [-0.1, -0.05) is 39.0 Å². The highest BCUT2D eigenvalue weighted by Gasteiger charge is 2.22. The first-order valence-electron chi connectivity index (χ1n) is 16.0. The Balaban J connectivity index is 1.31. The van der Waals surface area contributed by atoms with Crippen LogP contribution in [0.25, 0.3) is 33.2 Å². The van der Waals surface area contributed by atoms with Crippen LogP contribution in [0.5, 0.6) is 0 Å². The molecule has 6 aromatic rings. The number of nitrogens with one attached hydrogen (secondary N) is 1. The molecule has 9 nitrogen and oxygen atoms in total. The Kier molecular flexibility index (Phi) is 7.85. The van der Waals surface area contributed by atoms with Gasteiger partial charge in [-0.3, -0.25) is 4.79 Å². The predicted octanol–water partition coefficient (Wildman–Crippen LogP) is 6.26. The van der Waals surface area contributed by atoms with Gasteiger partial charge in [0.25, 0.3) is 5.56 Å². The summed E-state index contributed by atoms with van der Waals surface area (Å²) in [7, 11) is 1.96. The molecule has 47 heavy (non-hydrogen) atoms. The number of piperidine rings is 1. The quantitative estimate of drug-likeness (QED) is 0.224. The average Bonchev–Trinajstić information content (AvgIpc) is 3.56. The van der Waals surface area contributed by atoms with Gasteiger partial charge in [0.05, 0.1) is 29.6 Å². The number of nitrogens with zero attached hydrogens (tertiary/aromatic N) is 6. The van der Waals surface area contributed by atoms with Gasteiger partial charge in [0.2, 0.25) is 0 Å². The number of rotatable bonds is 6. The Bertz CT molecular complexity index is 2160. The number of aliphatic hydroxyl groups excluding tert-OH is 1. The molecule has 0 saturated carbocycles. The molecule has 10 heteroatoms. The van der Waals surface area contributed by atoms with Crippen molar-refractivity contribution in [3.05, 3.63) is 112 Å². The van der Waals surface area contributed by atoms with Crippen LogP contribution in [-0.4, -0.2) is 49.4 Å². The fraction of sp³-hybridized carbons (Fsp3) is 0.297. The first-order valence-corrected chi connectivity index (χ1v) is 16.0. The molecule has 240 valence electrons. The number of benzene rings is 2. The molecule has 1 fully saturated rings. The van der Waals surface area contributed by atoms with E-state index in [-0.39, 0.29) is 17.4 Å². The molecule has 1 saturated heterocycles. The van der Waals surface area contributed by atoms with Gasteiger partial charge in [0.15, 0.2) is 5.65 Å². The molecule has 0 atom stereocenters. The lowest BCUT2D eigenvalue weighted by molar-refractivity contribution is 0.282. The van der Waals surface area contributed by atoms with E-state index in [4.69, 9.17) is 4.98 Å². The molecule has 0 amide bonds. The molecule has 5 heterocycles. The van der Waals surface area contributed by atoms with Crippen LogP contribution in [0.1, 0.15) is 56.2 Å². The van der Waals surface area contributed by atoms with Crippen molar-refractivity contribution in [2.45, 2.75) is 51.6 Å². The maximum absolute atomic E-state index is 15.4. The van der Waals surface area contributed by atoms with E-state index in [0.29, 0.717) is 28.1 Å². The second kappa shape index (κ2) is 12.0. The second-order valence-corrected chi connectivity index (χ2v) is 13.3. The lowest BCUT2D eigenvalue weighted by Crippen LogP contribution is -2.26. The average molecular weight is 632 g/mol. The maximum atomic E-state index is 15.4. The zero-order valence-electron chi connectivity index (χ0n) is 27.0. The summed E-state index contributed by atoms with van der Waals surface area (Å²) in [6, 6.07) is 14.9. The standard InChI is InChI=1S/C37H38FN7O2/c1-37(2,3)27-16-25-20-42-45(36(47)34(25)30(38)18-27)31-7-5-6-28(29(31)22-46)26-17-32(35-40-14-15-44(35)21-26)43(4)33-9-8-24(19-41-33)23-10-12-39-13-11-23/h5-9,14-21,23,39,46H,10-13,22H2,1-4H3. The molecule has 2 N–H and O–H groups in total. The normalized spacial score (nSPS) is 14.3. The van der Waals surface area contributed by atoms with Crippen LogP contribution in [0.3, 0.4) is 0 Å². The van der Waals surface area contributed by atoms with E-state index in [1.54, 1.807) is 12.3 Å². The number of pyridine rings is 2. The number of fused-ring (bicyclic) bond motifs is 2. The van der Waals surface area contributed by atoms with Gasteiger partial charge >= 0.3 is 0 Å².